The zero-order valence-electron chi connectivity index (χ0n) is 7.38. The van der Waals surface area contributed by atoms with Crippen molar-refractivity contribution < 1.29 is 4.79 Å². The molecule has 1 amide bonds. The molecule has 0 saturated carbocycles. The minimum Gasteiger partial charge on any atom is -0.325 e. The highest BCUT2D eigenvalue weighted by molar-refractivity contribution is 14.1. The first-order valence-corrected chi connectivity index (χ1v) is 5.40. The maximum absolute atomic E-state index is 11.4. The van der Waals surface area contributed by atoms with Gasteiger partial charge in [0.2, 0.25) is 5.91 Å². The van der Waals surface area contributed by atoms with Gasteiger partial charge in [0.25, 0.3) is 0 Å². The third-order valence-electron chi connectivity index (χ3n) is 1.61. The van der Waals surface area contributed by atoms with Crippen LogP contribution in [0.5, 0.6) is 0 Å². The van der Waals surface area contributed by atoms with Crippen LogP contribution in [0.15, 0.2) is 24.3 Å². The smallest absolute Gasteiger partial charge is 0.237 e. The van der Waals surface area contributed by atoms with Crippen molar-refractivity contribution in [1.29, 1.82) is 0 Å². The van der Waals surface area contributed by atoms with Crippen molar-refractivity contribution in [2.45, 2.75) is 17.3 Å². The van der Waals surface area contributed by atoms with Gasteiger partial charge in [-0.15, -0.1) is 0 Å². The van der Waals surface area contributed by atoms with E-state index >= 15 is 0 Å². The van der Waals surface area contributed by atoms with Crippen LogP contribution in [0.3, 0.4) is 0 Å². The first kappa shape index (κ1) is 10.5. The number of benzene rings is 1. The van der Waals surface area contributed by atoms with E-state index in [4.69, 9.17) is 0 Å². The zero-order chi connectivity index (χ0) is 9.68. The molecule has 1 aromatic carbocycles. The molecule has 1 unspecified atom stereocenters. The molecule has 0 aromatic heterocycles. The topological polar surface area (TPSA) is 29.1 Å². The molecule has 0 spiro atoms. The average Bonchev–Trinajstić information content (AvgIpc) is 2.18. The normalized spacial score (nSPS) is 12.2. The van der Waals surface area contributed by atoms with Crippen LogP contribution in [0.4, 0.5) is 5.69 Å². The van der Waals surface area contributed by atoms with Gasteiger partial charge in [-0.2, -0.15) is 0 Å². The third kappa shape index (κ3) is 3.34. The molecular formula is C10H11INO. The van der Waals surface area contributed by atoms with E-state index in [1.807, 2.05) is 25.1 Å². The Morgan fingerprint density at radius 1 is 1.69 bits per heavy atom. The van der Waals surface area contributed by atoms with Crippen LogP contribution in [0.1, 0.15) is 13.3 Å². The van der Waals surface area contributed by atoms with Gasteiger partial charge >= 0.3 is 0 Å². The van der Waals surface area contributed by atoms with Crippen LogP contribution < -0.4 is 5.32 Å². The van der Waals surface area contributed by atoms with Crippen molar-refractivity contribution in [3.63, 3.8) is 0 Å². The van der Waals surface area contributed by atoms with Gasteiger partial charge in [0.05, 0.1) is 3.92 Å². The fourth-order valence-electron chi connectivity index (χ4n) is 0.868. The zero-order valence-corrected chi connectivity index (χ0v) is 9.54. The highest BCUT2D eigenvalue weighted by atomic mass is 127. The van der Waals surface area contributed by atoms with Crippen LogP contribution in [0.2, 0.25) is 0 Å². The second-order valence-corrected chi connectivity index (χ2v) is 4.14. The molecule has 0 fully saturated rings. The number of amides is 1. The first-order chi connectivity index (χ1) is 6.24. The number of hydrogen-bond acceptors (Lipinski definition) is 1. The number of hydrogen-bond donors (Lipinski definition) is 1. The molecular weight excluding hydrogens is 277 g/mol. The number of carbonyl (C=O) groups is 1. The maximum atomic E-state index is 11.4. The van der Waals surface area contributed by atoms with Gasteiger partial charge < -0.3 is 5.32 Å². The second-order valence-electron chi connectivity index (χ2n) is 2.64. The van der Waals surface area contributed by atoms with E-state index in [9.17, 15) is 4.79 Å². The quantitative estimate of drug-likeness (QED) is 0.672. The summed E-state index contributed by atoms with van der Waals surface area (Å²) in [6.07, 6.45) is 0.846. The minimum absolute atomic E-state index is 0.0335. The molecule has 1 radical (unpaired) electrons. The van der Waals surface area contributed by atoms with Crippen molar-refractivity contribution in [3.05, 3.63) is 30.3 Å². The summed E-state index contributed by atoms with van der Waals surface area (Å²) < 4.78 is 0.0335. The number of carbonyl (C=O) groups excluding carboxylic acids is 1. The van der Waals surface area contributed by atoms with Crippen LogP contribution in [0.25, 0.3) is 0 Å². The Hall–Kier alpha value is -0.580. The fourth-order valence-corrected chi connectivity index (χ4v) is 1.02. The van der Waals surface area contributed by atoms with Gasteiger partial charge in [-0.3, -0.25) is 4.79 Å². The summed E-state index contributed by atoms with van der Waals surface area (Å²) in [6, 6.07) is 10.3. The van der Waals surface area contributed by atoms with E-state index in [0.717, 1.165) is 12.1 Å². The van der Waals surface area contributed by atoms with Gasteiger partial charge in [-0.25, -0.2) is 0 Å². The summed E-state index contributed by atoms with van der Waals surface area (Å²) in [4.78, 5) is 11.4. The SMILES string of the molecule is CCC(I)C(=O)Nc1[c]cccc1. The number of alkyl halides is 1. The van der Waals surface area contributed by atoms with Gasteiger partial charge in [0, 0.05) is 11.8 Å². The number of nitrogens with one attached hydrogen (secondary N) is 1. The predicted molar refractivity (Wildman–Crippen MR) is 62.0 cm³/mol. The molecule has 2 nitrogen and oxygen atoms in total. The average molecular weight is 288 g/mol. The lowest BCUT2D eigenvalue weighted by atomic mass is 10.3. The maximum Gasteiger partial charge on any atom is 0.237 e. The highest BCUT2D eigenvalue weighted by Crippen LogP contribution is 2.10. The Balaban J connectivity index is 2.55. The Kier molecular flexibility index (Phi) is 4.21. The highest BCUT2D eigenvalue weighted by Gasteiger charge is 2.11. The number of rotatable bonds is 3. The fraction of sp³-hybridized carbons (Fsp3) is 0.300. The van der Waals surface area contributed by atoms with Crippen molar-refractivity contribution in [3.8, 4) is 0 Å². The predicted octanol–water partition coefficient (Wildman–Crippen LogP) is 2.64. The third-order valence-corrected chi connectivity index (χ3v) is 3.06. The van der Waals surface area contributed by atoms with Crippen LogP contribution in [-0.4, -0.2) is 9.83 Å². The van der Waals surface area contributed by atoms with E-state index in [-0.39, 0.29) is 9.83 Å². The van der Waals surface area contributed by atoms with Crippen molar-refractivity contribution in [1.82, 2.24) is 0 Å². The largest absolute Gasteiger partial charge is 0.325 e. The standard InChI is InChI=1S/C10H11INO/c1-2-9(11)10(13)12-8-6-4-3-5-7-8/h3-6,9H,2H2,1H3,(H,12,13). The van der Waals surface area contributed by atoms with Gasteiger partial charge in [-0.05, 0) is 12.5 Å². The molecule has 0 aliphatic rings. The Labute approximate surface area is 91.9 Å². The van der Waals surface area contributed by atoms with Crippen LogP contribution in [-0.2, 0) is 4.79 Å². The molecule has 1 atom stereocenters. The van der Waals surface area contributed by atoms with Crippen molar-refractivity contribution in [2.24, 2.45) is 0 Å². The molecule has 13 heavy (non-hydrogen) atoms. The van der Waals surface area contributed by atoms with Crippen LogP contribution >= 0.6 is 22.6 Å². The summed E-state index contributed by atoms with van der Waals surface area (Å²) in [7, 11) is 0. The monoisotopic (exact) mass is 288 g/mol. The molecule has 3 heteroatoms. The van der Waals surface area contributed by atoms with Crippen molar-refractivity contribution >= 4 is 34.2 Å². The van der Waals surface area contributed by atoms with E-state index in [1.54, 1.807) is 6.07 Å². The lowest BCUT2D eigenvalue weighted by Crippen LogP contribution is -2.21. The minimum atomic E-state index is 0.0335. The van der Waals surface area contributed by atoms with Crippen molar-refractivity contribution in [2.75, 3.05) is 5.32 Å². The van der Waals surface area contributed by atoms with E-state index in [0.29, 0.717) is 0 Å². The molecule has 1 N–H and O–H groups in total. The van der Waals surface area contributed by atoms with Gasteiger partial charge in [-0.1, -0.05) is 47.7 Å². The van der Waals surface area contributed by atoms with E-state index in [1.165, 1.54) is 0 Å². The van der Waals surface area contributed by atoms with Gasteiger partial charge in [0.15, 0.2) is 0 Å². The summed E-state index contributed by atoms with van der Waals surface area (Å²) in [5, 5.41) is 2.79. The number of halogens is 1. The summed E-state index contributed by atoms with van der Waals surface area (Å²) in [6.45, 7) is 1.99. The number of para-hydroxylation sites is 1. The summed E-state index contributed by atoms with van der Waals surface area (Å²) >= 11 is 2.13. The molecule has 0 saturated heterocycles. The summed E-state index contributed by atoms with van der Waals surface area (Å²) in [5.41, 5.74) is 0.739. The lowest BCUT2D eigenvalue weighted by molar-refractivity contribution is -0.115. The molecule has 0 aliphatic heterocycles. The molecule has 0 heterocycles. The number of anilines is 1. The molecule has 69 valence electrons. The van der Waals surface area contributed by atoms with Crippen LogP contribution in [0, 0.1) is 6.07 Å². The second kappa shape index (κ2) is 5.21. The Morgan fingerprint density at radius 2 is 2.46 bits per heavy atom. The first-order valence-electron chi connectivity index (χ1n) is 4.15. The van der Waals surface area contributed by atoms with E-state index < -0.39 is 0 Å². The van der Waals surface area contributed by atoms with Gasteiger partial charge in [0.1, 0.15) is 0 Å². The van der Waals surface area contributed by atoms with E-state index in [2.05, 4.69) is 34.0 Å². The Morgan fingerprint density at radius 3 is 3.00 bits per heavy atom. The molecule has 1 rings (SSSR count). The molecule has 0 bridgehead atoms. The molecule has 0 aliphatic carbocycles. The molecule has 1 aromatic rings. The lowest BCUT2D eigenvalue weighted by Gasteiger charge is -2.07. The Bertz CT molecular complexity index is 274. The summed E-state index contributed by atoms with van der Waals surface area (Å²) in [5.74, 6) is 0.0468.